The van der Waals surface area contributed by atoms with Crippen LogP contribution in [0.1, 0.15) is 11.1 Å². The smallest absolute Gasteiger partial charge is 0.270 e. The number of alkyl halides is 3. The first-order chi connectivity index (χ1) is 14.4. The maximum atomic E-state index is 13.3. The standard InChI is InChI=1S/C22H15F4N3S/c23-18-12-8-16(9-13-18)20-27-28-21(29(20)19-4-2-1-3-5-19)30-14-15-6-10-17(11-7-15)22(24,25)26/h1-13H,14H2. The topological polar surface area (TPSA) is 30.7 Å². The van der Waals surface area contributed by atoms with Crippen LogP contribution in [0, 0.1) is 5.82 Å². The van der Waals surface area contributed by atoms with Crippen LogP contribution in [0.2, 0.25) is 0 Å². The summed E-state index contributed by atoms with van der Waals surface area (Å²) < 4.78 is 53.4. The van der Waals surface area contributed by atoms with E-state index in [1.165, 1.54) is 36.0 Å². The average Bonchev–Trinajstić information content (AvgIpc) is 3.17. The zero-order chi connectivity index (χ0) is 21.1. The summed E-state index contributed by atoms with van der Waals surface area (Å²) in [4.78, 5) is 0. The second-order valence-corrected chi connectivity index (χ2v) is 7.41. The van der Waals surface area contributed by atoms with Crippen molar-refractivity contribution in [2.24, 2.45) is 0 Å². The zero-order valence-corrected chi connectivity index (χ0v) is 16.3. The van der Waals surface area contributed by atoms with Crippen LogP contribution in [0.3, 0.4) is 0 Å². The summed E-state index contributed by atoms with van der Waals surface area (Å²) in [6.07, 6.45) is -4.36. The summed E-state index contributed by atoms with van der Waals surface area (Å²) in [6.45, 7) is 0. The number of thioether (sulfide) groups is 1. The molecule has 152 valence electrons. The van der Waals surface area contributed by atoms with Crippen molar-refractivity contribution in [3.05, 3.63) is 95.8 Å². The molecule has 3 aromatic carbocycles. The molecule has 4 aromatic rings. The molecule has 1 aromatic heterocycles. The molecule has 30 heavy (non-hydrogen) atoms. The fourth-order valence-corrected chi connectivity index (χ4v) is 3.80. The lowest BCUT2D eigenvalue weighted by Crippen LogP contribution is -2.04. The maximum absolute atomic E-state index is 13.3. The van der Waals surface area contributed by atoms with E-state index in [2.05, 4.69) is 10.2 Å². The number of halogens is 4. The van der Waals surface area contributed by atoms with Gasteiger partial charge in [0.15, 0.2) is 11.0 Å². The van der Waals surface area contributed by atoms with Gasteiger partial charge in [0.1, 0.15) is 5.82 Å². The molecule has 0 N–H and O–H groups in total. The van der Waals surface area contributed by atoms with E-state index in [0.29, 0.717) is 22.3 Å². The molecule has 0 radical (unpaired) electrons. The van der Waals surface area contributed by atoms with Crippen LogP contribution in [0.4, 0.5) is 17.6 Å². The molecular formula is C22H15F4N3S. The van der Waals surface area contributed by atoms with Crippen molar-refractivity contribution < 1.29 is 17.6 Å². The molecule has 0 unspecified atom stereocenters. The third-order valence-corrected chi connectivity index (χ3v) is 5.40. The highest BCUT2D eigenvalue weighted by molar-refractivity contribution is 7.98. The van der Waals surface area contributed by atoms with E-state index < -0.39 is 11.7 Å². The molecule has 0 saturated carbocycles. The van der Waals surface area contributed by atoms with Gasteiger partial charge in [-0.3, -0.25) is 4.57 Å². The Kier molecular flexibility index (Phi) is 5.59. The average molecular weight is 429 g/mol. The molecule has 0 aliphatic rings. The van der Waals surface area contributed by atoms with Crippen molar-refractivity contribution in [3.8, 4) is 17.1 Å². The monoisotopic (exact) mass is 429 g/mol. The van der Waals surface area contributed by atoms with E-state index in [1.54, 1.807) is 12.1 Å². The molecular weight excluding hydrogens is 414 g/mol. The highest BCUT2D eigenvalue weighted by atomic mass is 32.2. The molecule has 0 fully saturated rings. The fraction of sp³-hybridized carbons (Fsp3) is 0.0909. The molecule has 8 heteroatoms. The van der Waals surface area contributed by atoms with Crippen LogP contribution in [0.15, 0.2) is 84.0 Å². The first kappa shape index (κ1) is 20.2. The van der Waals surface area contributed by atoms with Crippen LogP contribution in [-0.4, -0.2) is 14.8 Å². The van der Waals surface area contributed by atoms with Gasteiger partial charge in [-0.15, -0.1) is 10.2 Å². The zero-order valence-electron chi connectivity index (χ0n) is 15.5. The van der Waals surface area contributed by atoms with E-state index >= 15 is 0 Å². The van der Waals surface area contributed by atoms with Gasteiger partial charge in [0, 0.05) is 17.0 Å². The van der Waals surface area contributed by atoms with Gasteiger partial charge in [-0.2, -0.15) is 13.2 Å². The minimum Gasteiger partial charge on any atom is -0.270 e. The minimum atomic E-state index is -4.36. The summed E-state index contributed by atoms with van der Waals surface area (Å²) in [6, 6.07) is 20.5. The second kappa shape index (κ2) is 8.31. The number of hydrogen-bond acceptors (Lipinski definition) is 3. The lowest BCUT2D eigenvalue weighted by Gasteiger charge is -2.11. The van der Waals surface area contributed by atoms with Gasteiger partial charge < -0.3 is 0 Å². The molecule has 0 spiro atoms. The molecule has 0 atom stereocenters. The van der Waals surface area contributed by atoms with E-state index in [1.807, 2.05) is 34.9 Å². The summed E-state index contributed by atoms with van der Waals surface area (Å²) in [5, 5.41) is 9.12. The quantitative estimate of drug-likeness (QED) is 0.272. The summed E-state index contributed by atoms with van der Waals surface area (Å²) in [5.41, 5.74) is 1.59. The van der Waals surface area contributed by atoms with Crippen LogP contribution >= 0.6 is 11.8 Å². The number of para-hydroxylation sites is 1. The molecule has 3 nitrogen and oxygen atoms in total. The predicted molar refractivity (Wildman–Crippen MR) is 108 cm³/mol. The van der Waals surface area contributed by atoms with Crippen molar-refractivity contribution in [3.63, 3.8) is 0 Å². The largest absolute Gasteiger partial charge is 0.416 e. The number of benzene rings is 3. The number of aromatic nitrogens is 3. The van der Waals surface area contributed by atoms with Crippen LogP contribution < -0.4 is 0 Å². The van der Waals surface area contributed by atoms with Gasteiger partial charge in [0.2, 0.25) is 0 Å². The van der Waals surface area contributed by atoms with E-state index in [0.717, 1.165) is 23.4 Å². The Balaban J connectivity index is 1.64. The van der Waals surface area contributed by atoms with Crippen molar-refractivity contribution >= 4 is 11.8 Å². The van der Waals surface area contributed by atoms with Crippen molar-refractivity contribution in [2.45, 2.75) is 17.1 Å². The van der Waals surface area contributed by atoms with Gasteiger partial charge in [-0.1, -0.05) is 42.1 Å². The van der Waals surface area contributed by atoms with Crippen molar-refractivity contribution in [1.82, 2.24) is 14.8 Å². The van der Waals surface area contributed by atoms with Gasteiger partial charge >= 0.3 is 6.18 Å². The first-order valence-electron chi connectivity index (χ1n) is 8.97. The summed E-state index contributed by atoms with van der Waals surface area (Å²) >= 11 is 1.36. The first-order valence-corrected chi connectivity index (χ1v) is 9.96. The fourth-order valence-electron chi connectivity index (χ4n) is 2.90. The Morgan fingerprint density at radius 2 is 1.47 bits per heavy atom. The normalized spacial score (nSPS) is 11.6. The molecule has 1 heterocycles. The van der Waals surface area contributed by atoms with Gasteiger partial charge in [0.05, 0.1) is 5.56 Å². The molecule has 0 amide bonds. The highest BCUT2D eigenvalue weighted by Crippen LogP contribution is 2.32. The van der Waals surface area contributed by atoms with Gasteiger partial charge in [0.25, 0.3) is 0 Å². The van der Waals surface area contributed by atoms with E-state index in [-0.39, 0.29) is 5.82 Å². The highest BCUT2D eigenvalue weighted by Gasteiger charge is 2.29. The maximum Gasteiger partial charge on any atom is 0.416 e. The van der Waals surface area contributed by atoms with Crippen LogP contribution in [0.5, 0.6) is 0 Å². The molecule has 0 bridgehead atoms. The van der Waals surface area contributed by atoms with Crippen LogP contribution in [-0.2, 0) is 11.9 Å². The molecule has 0 aliphatic heterocycles. The predicted octanol–water partition coefficient (Wildman–Crippen LogP) is 6.38. The van der Waals surface area contributed by atoms with Crippen molar-refractivity contribution in [1.29, 1.82) is 0 Å². The van der Waals surface area contributed by atoms with Crippen molar-refractivity contribution in [2.75, 3.05) is 0 Å². The van der Waals surface area contributed by atoms with E-state index in [9.17, 15) is 17.6 Å². The lowest BCUT2D eigenvalue weighted by atomic mass is 10.1. The SMILES string of the molecule is Fc1ccc(-c2nnc(SCc3ccc(C(F)(F)F)cc3)n2-c2ccccc2)cc1. The summed E-state index contributed by atoms with van der Waals surface area (Å²) in [5.74, 6) is 0.629. The number of hydrogen-bond donors (Lipinski definition) is 0. The van der Waals surface area contributed by atoms with Gasteiger partial charge in [-0.05, 0) is 54.1 Å². The number of nitrogens with zero attached hydrogens (tertiary/aromatic N) is 3. The molecule has 4 rings (SSSR count). The Morgan fingerprint density at radius 3 is 2.10 bits per heavy atom. The lowest BCUT2D eigenvalue weighted by molar-refractivity contribution is -0.137. The Labute approximate surface area is 174 Å². The summed E-state index contributed by atoms with van der Waals surface area (Å²) in [7, 11) is 0. The third-order valence-electron chi connectivity index (χ3n) is 4.40. The third kappa shape index (κ3) is 4.38. The van der Waals surface area contributed by atoms with Gasteiger partial charge in [-0.25, -0.2) is 4.39 Å². The Bertz CT molecular complexity index is 1120. The Hall–Kier alpha value is -3.13. The molecule has 0 aliphatic carbocycles. The van der Waals surface area contributed by atoms with E-state index in [4.69, 9.17) is 0 Å². The molecule has 0 saturated heterocycles. The second-order valence-electron chi connectivity index (χ2n) is 6.47. The minimum absolute atomic E-state index is 0.346. The van der Waals surface area contributed by atoms with Crippen LogP contribution in [0.25, 0.3) is 17.1 Å². The Morgan fingerprint density at radius 1 is 0.800 bits per heavy atom. The number of rotatable bonds is 5.